The molecule has 2 heterocycles. The molecule has 1 atom stereocenters. The Hall–Kier alpha value is -1.27. The van der Waals surface area contributed by atoms with Crippen molar-refractivity contribution in [1.82, 2.24) is 9.88 Å². The first-order chi connectivity index (χ1) is 9.70. The van der Waals surface area contributed by atoms with Crippen molar-refractivity contribution >= 4 is 23.4 Å². The largest absolute Gasteiger partial charge is 0.378 e. The third kappa shape index (κ3) is 4.11. The Morgan fingerprint density at radius 2 is 2.25 bits per heavy atom. The first-order valence-corrected chi connectivity index (χ1v) is 7.91. The molecule has 1 aliphatic heterocycles. The maximum atomic E-state index is 12.3. The van der Waals surface area contributed by atoms with Crippen LogP contribution in [0.3, 0.4) is 0 Å². The lowest BCUT2D eigenvalue weighted by Gasteiger charge is -2.29. The fourth-order valence-corrected chi connectivity index (χ4v) is 2.66. The van der Waals surface area contributed by atoms with E-state index >= 15 is 0 Å². The number of amides is 1. The highest BCUT2D eigenvalue weighted by Gasteiger charge is 2.22. The fourth-order valence-electron chi connectivity index (χ4n) is 2.07. The molecule has 1 saturated heterocycles. The van der Waals surface area contributed by atoms with Crippen LogP contribution in [0, 0.1) is 0 Å². The normalized spacial score (nSPS) is 16.8. The third-order valence-corrected chi connectivity index (χ3v) is 3.93. The van der Waals surface area contributed by atoms with Crippen LogP contribution < -0.4 is 5.32 Å². The van der Waals surface area contributed by atoms with Crippen molar-refractivity contribution in [2.75, 3.05) is 37.4 Å². The Labute approximate surface area is 124 Å². The number of carbonyl (C=O) groups excluding carboxylic acids is 1. The summed E-state index contributed by atoms with van der Waals surface area (Å²) < 4.78 is 5.26. The van der Waals surface area contributed by atoms with Gasteiger partial charge < -0.3 is 15.0 Å². The van der Waals surface area contributed by atoms with Crippen LogP contribution in [0.4, 0.5) is 5.69 Å². The van der Waals surface area contributed by atoms with Crippen LogP contribution in [0.2, 0.25) is 0 Å². The van der Waals surface area contributed by atoms with Gasteiger partial charge in [-0.2, -0.15) is 0 Å². The van der Waals surface area contributed by atoms with Gasteiger partial charge in [-0.1, -0.05) is 6.92 Å². The third-order valence-electron chi connectivity index (χ3n) is 3.10. The summed E-state index contributed by atoms with van der Waals surface area (Å²) in [5, 5.41) is 4.21. The van der Waals surface area contributed by atoms with Crippen LogP contribution in [0.15, 0.2) is 23.4 Å². The molecule has 1 N–H and O–H groups in total. The van der Waals surface area contributed by atoms with E-state index in [1.54, 1.807) is 18.0 Å². The maximum absolute atomic E-state index is 12.3. The number of hydrogen-bond donors (Lipinski definition) is 1. The smallest absolute Gasteiger partial charge is 0.244 e. The lowest BCUT2D eigenvalue weighted by Crippen LogP contribution is -2.47. The highest BCUT2D eigenvalue weighted by Crippen LogP contribution is 2.17. The SMILES string of the molecule is CCSc1ccc(NC(C)C(=O)N2CCOCC2)cn1. The molecule has 5 nitrogen and oxygen atoms in total. The van der Waals surface area contributed by atoms with Crippen molar-refractivity contribution < 1.29 is 9.53 Å². The second-order valence-corrected chi connectivity index (χ2v) is 5.91. The monoisotopic (exact) mass is 295 g/mol. The van der Waals surface area contributed by atoms with Gasteiger partial charge in [0.15, 0.2) is 0 Å². The molecule has 110 valence electrons. The number of carbonyl (C=O) groups is 1. The van der Waals surface area contributed by atoms with Gasteiger partial charge >= 0.3 is 0 Å². The van der Waals surface area contributed by atoms with E-state index in [9.17, 15) is 4.79 Å². The van der Waals surface area contributed by atoms with E-state index in [1.165, 1.54) is 0 Å². The Morgan fingerprint density at radius 3 is 2.85 bits per heavy atom. The van der Waals surface area contributed by atoms with Gasteiger partial charge in [0.25, 0.3) is 0 Å². The Kier molecular flexibility index (Phi) is 5.67. The van der Waals surface area contributed by atoms with Gasteiger partial charge in [0.1, 0.15) is 6.04 Å². The molecule has 0 aliphatic carbocycles. The number of ether oxygens (including phenoxy) is 1. The van der Waals surface area contributed by atoms with E-state index in [1.807, 2.05) is 24.0 Å². The number of nitrogens with one attached hydrogen (secondary N) is 1. The first kappa shape index (κ1) is 15.1. The van der Waals surface area contributed by atoms with Crippen LogP contribution in [-0.2, 0) is 9.53 Å². The zero-order chi connectivity index (χ0) is 14.4. The molecule has 1 fully saturated rings. The molecule has 0 spiro atoms. The van der Waals surface area contributed by atoms with Gasteiger partial charge in [-0.15, -0.1) is 11.8 Å². The Balaban J connectivity index is 1.89. The van der Waals surface area contributed by atoms with Crippen LogP contribution >= 0.6 is 11.8 Å². The van der Waals surface area contributed by atoms with Gasteiger partial charge in [-0.3, -0.25) is 4.79 Å². The second-order valence-electron chi connectivity index (χ2n) is 4.62. The molecule has 1 aliphatic rings. The van der Waals surface area contributed by atoms with Gasteiger partial charge in [-0.05, 0) is 24.8 Å². The minimum atomic E-state index is -0.250. The number of thioether (sulfide) groups is 1. The number of morpholine rings is 1. The summed E-state index contributed by atoms with van der Waals surface area (Å²) in [6.07, 6.45) is 1.78. The van der Waals surface area contributed by atoms with Crippen molar-refractivity contribution in [2.45, 2.75) is 24.9 Å². The number of hydrogen-bond acceptors (Lipinski definition) is 5. The van der Waals surface area contributed by atoms with E-state index in [-0.39, 0.29) is 11.9 Å². The molecule has 1 aromatic rings. The van der Waals surface area contributed by atoms with Gasteiger partial charge in [0, 0.05) is 13.1 Å². The predicted octanol–water partition coefficient (Wildman–Crippen LogP) is 1.85. The van der Waals surface area contributed by atoms with E-state index in [4.69, 9.17) is 4.74 Å². The summed E-state index contributed by atoms with van der Waals surface area (Å²) in [6.45, 7) is 6.59. The molecule has 1 unspecified atom stereocenters. The molecule has 0 radical (unpaired) electrons. The summed E-state index contributed by atoms with van der Waals surface area (Å²) in [4.78, 5) is 18.4. The molecule has 1 amide bonds. The van der Waals surface area contributed by atoms with Crippen molar-refractivity contribution in [3.05, 3.63) is 18.3 Å². The summed E-state index contributed by atoms with van der Waals surface area (Å²) in [5.74, 6) is 1.12. The fraction of sp³-hybridized carbons (Fsp3) is 0.571. The number of anilines is 1. The standard InChI is InChI=1S/C14H21N3O2S/c1-3-20-13-5-4-12(10-15-13)16-11(2)14(18)17-6-8-19-9-7-17/h4-5,10-11,16H,3,6-9H2,1-2H3. The van der Waals surface area contributed by atoms with Crippen LogP contribution in [-0.4, -0.2) is 53.9 Å². The highest BCUT2D eigenvalue weighted by molar-refractivity contribution is 7.99. The Bertz CT molecular complexity index is 433. The van der Waals surface area contributed by atoms with E-state index in [0.29, 0.717) is 26.3 Å². The van der Waals surface area contributed by atoms with Crippen LogP contribution in [0.25, 0.3) is 0 Å². The summed E-state index contributed by atoms with van der Waals surface area (Å²) in [5.41, 5.74) is 0.875. The molecular weight excluding hydrogens is 274 g/mol. The first-order valence-electron chi connectivity index (χ1n) is 6.92. The minimum absolute atomic E-state index is 0.111. The highest BCUT2D eigenvalue weighted by atomic mass is 32.2. The van der Waals surface area contributed by atoms with Crippen molar-refractivity contribution in [2.24, 2.45) is 0 Å². The molecule has 0 aromatic carbocycles. The second kappa shape index (κ2) is 7.50. The van der Waals surface area contributed by atoms with Crippen molar-refractivity contribution in [3.8, 4) is 0 Å². The lowest BCUT2D eigenvalue weighted by atomic mass is 10.2. The van der Waals surface area contributed by atoms with E-state index < -0.39 is 0 Å². The van der Waals surface area contributed by atoms with E-state index in [0.717, 1.165) is 16.5 Å². The number of pyridine rings is 1. The molecule has 1 aromatic heterocycles. The number of aromatic nitrogens is 1. The van der Waals surface area contributed by atoms with Crippen molar-refractivity contribution in [1.29, 1.82) is 0 Å². The average Bonchev–Trinajstić information content (AvgIpc) is 2.49. The number of nitrogens with zero attached hydrogens (tertiary/aromatic N) is 2. The molecular formula is C14H21N3O2S. The lowest BCUT2D eigenvalue weighted by molar-refractivity contribution is -0.135. The molecule has 0 saturated carbocycles. The molecule has 2 rings (SSSR count). The van der Waals surface area contributed by atoms with Gasteiger partial charge in [0.2, 0.25) is 5.91 Å². The van der Waals surface area contributed by atoms with Gasteiger partial charge in [0.05, 0.1) is 30.1 Å². The molecule has 0 bridgehead atoms. The summed E-state index contributed by atoms with van der Waals surface area (Å²) in [6, 6.07) is 3.69. The average molecular weight is 295 g/mol. The van der Waals surface area contributed by atoms with Crippen LogP contribution in [0.5, 0.6) is 0 Å². The summed E-state index contributed by atoms with van der Waals surface area (Å²) in [7, 11) is 0. The topological polar surface area (TPSA) is 54.5 Å². The zero-order valence-electron chi connectivity index (χ0n) is 12.0. The quantitative estimate of drug-likeness (QED) is 0.840. The van der Waals surface area contributed by atoms with Gasteiger partial charge in [-0.25, -0.2) is 4.98 Å². The number of rotatable bonds is 5. The van der Waals surface area contributed by atoms with Crippen LogP contribution in [0.1, 0.15) is 13.8 Å². The maximum Gasteiger partial charge on any atom is 0.244 e. The Morgan fingerprint density at radius 1 is 1.50 bits per heavy atom. The predicted molar refractivity (Wildman–Crippen MR) is 81.1 cm³/mol. The molecule has 20 heavy (non-hydrogen) atoms. The summed E-state index contributed by atoms with van der Waals surface area (Å²) >= 11 is 1.70. The molecule has 6 heteroatoms. The zero-order valence-corrected chi connectivity index (χ0v) is 12.8. The van der Waals surface area contributed by atoms with Crippen molar-refractivity contribution in [3.63, 3.8) is 0 Å². The minimum Gasteiger partial charge on any atom is -0.378 e. The van der Waals surface area contributed by atoms with E-state index in [2.05, 4.69) is 17.2 Å².